The lowest BCUT2D eigenvalue weighted by atomic mass is 9.89. The molecule has 4 rings (SSSR count). The van der Waals surface area contributed by atoms with Gasteiger partial charge in [0.05, 0.1) is 11.9 Å². The van der Waals surface area contributed by atoms with Gasteiger partial charge < -0.3 is 0 Å². The molecule has 0 amide bonds. The van der Waals surface area contributed by atoms with Crippen LogP contribution in [-0.4, -0.2) is 16.2 Å². The van der Waals surface area contributed by atoms with Crippen LogP contribution in [0.25, 0.3) is 21.3 Å². The molecule has 0 bridgehead atoms. The van der Waals surface area contributed by atoms with Gasteiger partial charge in [-0.15, -0.1) is 11.3 Å². The normalized spacial score (nSPS) is 14.2. The summed E-state index contributed by atoms with van der Waals surface area (Å²) in [5, 5.41) is 2.65. The van der Waals surface area contributed by atoms with Crippen molar-refractivity contribution in [3.63, 3.8) is 0 Å². The predicted molar refractivity (Wildman–Crippen MR) is 106 cm³/mol. The third-order valence-corrected chi connectivity index (χ3v) is 6.08. The molecule has 2 heterocycles. The number of hydrogen-bond acceptors (Lipinski definition) is 3. The molecule has 1 aliphatic carbocycles. The maximum atomic E-state index is 13.2. The Morgan fingerprint density at radius 3 is 2.73 bits per heavy atom. The largest absolute Gasteiger partial charge is 0.293 e. The van der Waals surface area contributed by atoms with Crippen molar-refractivity contribution in [1.82, 2.24) is 9.55 Å². The molecule has 5 heteroatoms. The van der Waals surface area contributed by atoms with Crippen LogP contribution in [0.3, 0.4) is 0 Å². The number of aryl methyl sites for hydroxylation is 2. The first kappa shape index (κ1) is 17.4. The fourth-order valence-corrected chi connectivity index (χ4v) is 4.84. The number of nitrogens with zero attached hydrogens (tertiary/aromatic N) is 2. The van der Waals surface area contributed by atoms with Crippen LogP contribution >= 0.6 is 11.3 Å². The van der Waals surface area contributed by atoms with Gasteiger partial charge in [0, 0.05) is 16.9 Å². The molecule has 3 nitrogen and oxygen atoms in total. The van der Waals surface area contributed by atoms with E-state index in [9.17, 15) is 9.18 Å². The van der Waals surface area contributed by atoms with Crippen LogP contribution in [0, 0.1) is 0 Å². The molecule has 2 aromatic heterocycles. The average Bonchev–Trinajstić information content (AvgIpc) is 3.07. The van der Waals surface area contributed by atoms with Crippen LogP contribution in [0.15, 0.2) is 28.4 Å². The van der Waals surface area contributed by atoms with Gasteiger partial charge in [-0.05, 0) is 42.4 Å². The minimum absolute atomic E-state index is 0.0642. The zero-order valence-electron chi connectivity index (χ0n) is 15.2. The molecule has 0 saturated heterocycles. The monoisotopic (exact) mass is 370 g/mol. The van der Waals surface area contributed by atoms with Gasteiger partial charge in [0.15, 0.2) is 0 Å². The number of thiophene rings is 1. The summed E-state index contributed by atoms with van der Waals surface area (Å²) in [7, 11) is 0. The molecule has 0 spiro atoms. The van der Waals surface area contributed by atoms with Crippen molar-refractivity contribution in [2.24, 2.45) is 0 Å². The number of halogens is 1. The van der Waals surface area contributed by atoms with E-state index in [-0.39, 0.29) is 18.0 Å². The van der Waals surface area contributed by atoms with E-state index < -0.39 is 6.67 Å². The van der Waals surface area contributed by atoms with Crippen LogP contribution in [0.5, 0.6) is 0 Å². The number of fused-ring (bicyclic) bond motifs is 2. The maximum Gasteiger partial charge on any atom is 0.262 e. The fourth-order valence-electron chi connectivity index (χ4n) is 3.89. The molecular weight excluding hydrogens is 347 g/mol. The van der Waals surface area contributed by atoms with Gasteiger partial charge in [-0.2, -0.15) is 0 Å². The lowest BCUT2D eigenvalue weighted by Gasteiger charge is -2.17. The first-order valence-corrected chi connectivity index (χ1v) is 10.2. The van der Waals surface area contributed by atoms with E-state index in [1.54, 1.807) is 0 Å². The Bertz CT molecular complexity index is 1020. The zero-order chi connectivity index (χ0) is 18.3. The van der Waals surface area contributed by atoms with Crippen LogP contribution in [0.1, 0.15) is 49.6 Å². The van der Waals surface area contributed by atoms with Gasteiger partial charge in [0.2, 0.25) is 0 Å². The number of rotatable bonds is 4. The van der Waals surface area contributed by atoms with Crippen molar-refractivity contribution in [1.29, 1.82) is 0 Å². The summed E-state index contributed by atoms with van der Waals surface area (Å²) >= 11 is 1.50. The highest BCUT2D eigenvalue weighted by Crippen LogP contribution is 2.34. The highest BCUT2D eigenvalue weighted by molar-refractivity contribution is 7.17. The Morgan fingerprint density at radius 2 is 2.00 bits per heavy atom. The minimum atomic E-state index is -0.564. The molecule has 1 aliphatic rings. The summed E-state index contributed by atoms with van der Waals surface area (Å²) in [6.45, 7) is 3.47. The fraction of sp³-hybridized carbons (Fsp3) is 0.429. The summed E-state index contributed by atoms with van der Waals surface area (Å²) in [6.07, 6.45) is 4.72. The molecule has 0 unspecified atom stereocenters. The summed E-state index contributed by atoms with van der Waals surface area (Å²) in [5.41, 5.74) is 4.70. The highest BCUT2D eigenvalue weighted by Gasteiger charge is 2.19. The predicted octanol–water partition coefficient (Wildman–Crippen LogP) is 5.10. The van der Waals surface area contributed by atoms with Crippen LogP contribution in [0.2, 0.25) is 0 Å². The molecule has 136 valence electrons. The van der Waals surface area contributed by atoms with Crippen molar-refractivity contribution in [2.75, 3.05) is 6.67 Å². The van der Waals surface area contributed by atoms with Gasteiger partial charge in [-0.3, -0.25) is 9.36 Å². The number of aromatic nitrogens is 2. The Morgan fingerprint density at radius 1 is 1.23 bits per heavy atom. The molecule has 0 radical (unpaired) electrons. The van der Waals surface area contributed by atoms with E-state index in [1.165, 1.54) is 39.9 Å². The quantitative estimate of drug-likeness (QED) is 0.641. The molecular formula is C21H23FN2OS. The van der Waals surface area contributed by atoms with Gasteiger partial charge in [0.1, 0.15) is 17.3 Å². The third kappa shape index (κ3) is 2.88. The Labute approximate surface area is 156 Å². The smallest absolute Gasteiger partial charge is 0.262 e. The van der Waals surface area contributed by atoms with Gasteiger partial charge in [-0.1, -0.05) is 32.0 Å². The molecule has 0 saturated carbocycles. The van der Waals surface area contributed by atoms with Gasteiger partial charge in [-0.25, -0.2) is 9.37 Å². The van der Waals surface area contributed by atoms with E-state index >= 15 is 0 Å². The molecule has 26 heavy (non-hydrogen) atoms. The second kappa shape index (κ2) is 6.95. The number of alkyl halides is 1. The Hall–Kier alpha value is -2.01. The molecule has 1 aromatic carbocycles. The van der Waals surface area contributed by atoms with Crippen molar-refractivity contribution < 1.29 is 4.39 Å². The van der Waals surface area contributed by atoms with Gasteiger partial charge >= 0.3 is 0 Å². The van der Waals surface area contributed by atoms with E-state index in [0.717, 1.165) is 28.8 Å². The first-order valence-electron chi connectivity index (χ1n) is 9.30. The standard InChI is InChI=1S/C21H23FN2OS/c1-13(2)19-23-20-18(21(25)24(19)10-9-22)17(12-26-20)16-8-7-14-5-3-4-6-15(14)11-16/h7-8,11-13H,3-6,9-10H2,1-2H3. The molecule has 0 atom stereocenters. The maximum absolute atomic E-state index is 13.2. The second-order valence-electron chi connectivity index (χ2n) is 7.29. The van der Waals surface area contributed by atoms with Gasteiger partial charge in [0.25, 0.3) is 5.56 Å². The Kier molecular flexibility index (Phi) is 4.65. The average molecular weight is 370 g/mol. The SMILES string of the molecule is CC(C)c1nc2scc(-c3ccc4c(c3)CCCC4)c2c(=O)n1CCF. The third-order valence-electron chi connectivity index (χ3n) is 5.21. The summed E-state index contributed by atoms with van der Waals surface area (Å²) in [5.74, 6) is 0.743. The number of benzene rings is 1. The van der Waals surface area contributed by atoms with Crippen LogP contribution < -0.4 is 5.56 Å². The van der Waals surface area contributed by atoms with E-state index in [4.69, 9.17) is 4.98 Å². The molecule has 0 fully saturated rings. The first-order chi connectivity index (χ1) is 12.6. The molecule has 0 aliphatic heterocycles. The topological polar surface area (TPSA) is 34.9 Å². The lowest BCUT2D eigenvalue weighted by Crippen LogP contribution is -2.26. The summed E-state index contributed by atoms with van der Waals surface area (Å²) in [6, 6.07) is 6.54. The molecule has 3 aromatic rings. The van der Waals surface area contributed by atoms with Crippen LogP contribution in [0.4, 0.5) is 4.39 Å². The van der Waals surface area contributed by atoms with E-state index in [1.807, 2.05) is 19.2 Å². The summed E-state index contributed by atoms with van der Waals surface area (Å²) < 4.78 is 14.6. The van der Waals surface area contributed by atoms with Crippen LogP contribution in [-0.2, 0) is 19.4 Å². The molecule has 0 N–H and O–H groups in total. The number of hydrogen-bond donors (Lipinski definition) is 0. The van der Waals surface area contributed by atoms with Crippen molar-refractivity contribution in [2.45, 2.75) is 52.0 Å². The van der Waals surface area contributed by atoms with E-state index in [2.05, 4.69) is 18.2 Å². The van der Waals surface area contributed by atoms with Crippen molar-refractivity contribution in [3.8, 4) is 11.1 Å². The summed E-state index contributed by atoms with van der Waals surface area (Å²) in [4.78, 5) is 18.6. The minimum Gasteiger partial charge on any atom is -0.293 e. The lowest BCUT2D eigenvalue weighted by molar-refractivity contribution is 0.428. The zero-order valence-corrected chi connectivity index (χ0v) is 16.0. The van der Waals surface area contributed by atoms with E-state index in [0.29, 0.717) is 11.2 Å². The van der Waals surface area contributed by atoms with Crippen molar-refractivity contribution in [3.05, 3.63) is 50.9 Å². The van der Waals surface area contributed by atoms with Crippen molar-refractivity contribution >= 4 is 21.6 Å². The second-order valence-corrected chi connectivity index (χ2v) is 8.15. The highest BCUT2D eigenvalue weighted by atomic mass is 32.1. The Balaban J connectivity index is 1.92.